The highest BCUT2D eigenvalue weighted by atomic mass is 35.5. The number of nitrogens with zero attached hydrogens (tertiary/aromatic N) is 1. The van der Waals surface area contributed by atoms with Crippen molar-refractivity contribution in [2.75, 3.05) is 26.2 Å². The number of likely N-dealkylation sites (tertiary alicyclic amines) is 1. The summed E-state index contributed by atoms with van der Waals surface area (Å²) in [6, 6.07) is 10.5. The van der Waals surface area contributed by atoms with Crippen molar-refractivity contribution in [1.82, 2.24) is 10.2 Å². The molecule has 2 heterocycles. The third-order valence-corrected chi connectivity index (χ3v) is 3.90. The molecule has 0 radical (unpaired) electrons. The summed E-state index contributed by atoms with van der Waals surface area (Å²) in [5.41, 5.74) is 1.37. The van der Waals surface area contributed by atoms with E-state index in [-0.39, 0.29) is 18.3 Å². The minimum Gasteiger partial charge on any atom is -0.342 e. The van der Waals surface area contributed by atoms with Crippen LogP contribution >= 0.6 is 12.4 Å². The van der Waals surface area contributed by atoms with E-state index in [9.17, 15) is 4.79 Å². The van der Waals surface area contributed by atoms with Crippen molar-refractivity contribution in [2.45, 2.75) is 12.3 Å². The third-order valence-electron chi connectivity index (χ3n) is 3.90. The fourth-order valence-electron chi connectivity index (χ4n) is 2.68. The lowest BCUT2D eigenvalue weighted by atomic mass is 9.98. The summed E-state index contributed by atoms with van der Waals surface area (Å²) >= 11 is 0. The van der Waals surface area contributed by atoms with Crippen LogP contribution in [0.15, 0.2) is 30.3 Å². The van der Waals surface area contributed by atoms with Gasteiger partial charge in [-0.25, -0.2) is 0 Å². The number of carbonyl (C=O) groups is 1. The van der Waals surface area contributed by atoms with E-state index in [0.717, 1.165) is 32.6 Å². The second-order valence-electron chi connectivity index (χ2n) is 5.04. The van der Waals surface area contributed by atoms with Crippen LogP contribution in [0.25, 0.3) is 0 Å². The summed E-state index contributed by atoms with van der Waals surface area (Å²) in [5.74, 6) is 1.12. The maximum Gasteiger partial charge on any atom is 0.228 e. The number of hydrogen-bond acceptors (Lipinski definition) is 2. The lowest BCUT2D eigenvalue weighted by Gasteiger charge is -2.30. The Balaban J connectivity index is 0.00000120. The molecule has 0 aromatic heterocycles. The molecule has 1 amide bonds. The topological polar surface area (TPSA) is 32.3 Å². The highest BCUT2D eigenvalue weighted by molar-refractivity contribution is 5.85. The van der Waals surface area contributed by atoms with Gasteiger partial charge in [0.15, 0.2) is 0 Å². The second-order valence-corrected chi connectivity index (χ2v) is 5.04. The number of amides is 1. The molecule has 1 unspecified atom stereocenters. The Hall–Kier alpha value is -1.06. The van der Waals surface area contributed by atoms with Crippen LogP contribution in [0.4, 0.5) is 0 Å². The van der Waals surface area contributed by atoms with Gasteiger partial charge in [-0.1, -0.05) is 30.3 Å². The SMILES string of the molecule is Cl.O=C(C1CNC1)N1CCC(c2ccccc2)C1. The molecule has 98 valence electrons. The summed E-state index contributed by atoms with van der Waals surface area (Å²) in [6.45, 7) is 3.56. The molecule has 2 aliphatic rings. The van der Waals surface area contributed by atoms with Crippen molar-refractivity contribution in [3.63, 3.8) is 0 Å². The minimum absolute atomic E-state index is 0. The summed E-state index contributed by atoms with van der Waals surface area (Å²) in [6.07, 6.45) is 1.11. The third kappa shape index (κ3) is 2.52. The van der Waals surface area contributed by atoms with Crippen LogP contribution in [0.5, 0.6) is 0 Å². The standard InChI is InChI=1S/C14H18N2O.ClH/c17-14(13-8-15-9-13)16-7-6-12(10-16)11-4-2-1-3-5-11;/h1-5,12-13,15H,6-10H2;1H. The largest absolute Gasteiger partial charge is 0.342 e. The summed E-state index contributed by atoms with van der Waals surface area (Å²) in [4.78, 5) is 14.1. The van der Waals surface area contributed by atoms with Crippen LogP contribution in [0.1, 0.15) is 17.9 Å². The van der Waals surface area contributed by atoms with Crippen LogP contribution in [0, 0.1) is 5.92 Å². The van der Waals surface area contributed by atoms with Gasteiger partial charge < -0.3 is 10.2 Å². The van der Waals surface area contributed by atoms with Crippen molar-refractivity contribution in [3.05, 3.63) is 35.9 Å². The molecule has 0 saturated carbocycles. The molecule has 1 aromatic carbocycles. The zero-order valence-corrected chi connectivity index (χ0v) is 11.2. The molecule has 1 atom stereocenters. The molecule has 2 aliphatic heterocycles. The zero-order chi connectivity index (χ0) is 11.7. The number of carbonyl (C=O) groups excluding carboxylic acids is 1. The van der Waals surface area contributed by atoms with Gasteiger partial charge in [-0.15, -0.1) is 12.4 Å². The van der Waals surface area contributed by atoms with E-state index in [2.05, 4.69) is 29.6 Å². The van der Waals surface area contributed by atoms with Gasteiger partial charge in [-0.05, 0) is 12.0 Å². The van der Waals surface area contributed by atoms with Crippen LogP contribution in [-0.2, 0) is 4.79 Å². The van der Waals surface area contributed by atoms with Crippen molar-refractivity contribution in [3.8, 4) is 0 Å². The highest BCUT2D eigenvalue weighted by Gasteiger charge is 2.33. The fraction of sp³-hybridized carbons (Fsp3) is 0.500. The van der Waals surface area contributed by atoms with Crippen LogP contribution in [0.2, 0.25) is 0 Å². The molecule has 0 bridgehead atoms. The summed E-state index contributed by atoms with van der Waals surface area (Å²) in [5, 5.41) is 3.16. The van der Waals surface area contributed by atoms with E-state index in [4.69, 9.17) is 0 Å². The van der Waals surface area contributed by atoms with Gasteiger partial charge in [0.2, 0.25) is 5.91 Å². The van der Waals surface area contributed by atoms with E-state index >= 15 is 0 Å². The Morgan fingerprint density at radius 2 is 1.94 bits per heavy atom. The van der Waals surface area contributed by atoms with Crippen molar-refractivity contribution in [2.24, 2.45) is 5.92 Å². The molecule has 4 heteroatoms. The summed E-state index contributed by atoms with van der Waals surface area (Å²) in [7, 11) is 0. The molecule has 3 nitrogen and oxygen atoms in total. The first-order chi connectivity index (χ1) is 8.34. The molecular weight excluding hydrogens is 248 g/mol. The lowest BCUT2D eigenvalue weighted by molar-refractivity contribution is -0.136. The quantitative estimate of drug-likeness (QED) is 0.883. The maximum atomic E-state index is 12.1. The molecule has 0 spiro atoms. The average molecular weight is 267 g/mol. The Morgan fingerprint density at radius 3 is 2.56 bits per heavy atom. The molecular formula is C14H19ClN2O. The fourth-order valence-corrected chi connectivity index (χ4v) is 2.68. The number of rotatable bonds is 2. The first-order valence-corrected chi connectivity index (χ1v) is 6.39. The summed E-state index contributed by atoms with van der Waals surface area (Å²) < 4.78 is 0. The van der Waals surface area contributed by atoms with Gasteiger partial charge in [0.25, 0.3) is 0 Å². The van der Waals surface area contributed by atoms with E-state index < -0.39 is 0 Å². The van der Waals surface area contributed by atoms with Gasteiger partial charge in [-0.2, -0.15) is 0 Å². The molecule has 3 rings (SSSR count). The molecule has 2 saturated heterocycles. The average Bonchev–Trinajstić information content (AvgIpc) is 2.77. The van der Waals surface area contributed by atoms with Crippen molar-refractivity contribution >= 4 is 18.3 Å². The predicted molar refractivity (Wildman–Crippen MR) is 74.0 cm³/mol. The van der Waals surface area contributed by atoms with Crippen molar-refractivity contribution < 1.29 is 4.79 Å². The van der Waals surface area contributed by atoms with E-state index in [0.29, 0.717) is 11.8 Å². The molecule has 2 fully saturated rings. The van der Waals surface area contributed by atoms with Crippen molar-refractivity contribution in [1.29, 1.82) is 0 Å². The number of hydrogen-bond donors (Lipinski definition) is 1. The normalized spacial score (nSPS) is 23.3. The Kier molecular flexibility index (Phi) is 4.25. The van der Waals surface area contributed by atoms with Crippen LogP contribution < -0.4 is 5.32 Å². The number of nitrogens with one attached hydrogen (secondary N) is 1. The Bertz CT molecular complexity index is 406. The first-order valence-electron chi connectivity index (χ1n) is 6.39. The molecule has 0 aliphatic carbocycles. The smallest absolute Gasteiger partial charge is 0.228 e. The van der Waals surface area contributed by atoms with Gasteiger partial charge >= 0.3 is 0 Å². The van der Waals surface area contributed by atoms with Gasteiger partial charge in [-0.3, -0.25) is 4.79 Å². The van der Waals surface area contributed by atoms with Crippen LogP contribution in [0.3, 0.4) is 0 Å². The monoisotopic (exact) mass is 266 g/mol. The van der Waals surface area contributed by atoms with Gasteiger partial charge in [0, 0.05) is 32.1 Å². The maximum absolute atomic E-state index is 12.1. The highest BCUT2D eigenvalue weighted by Crippen LogP contribution is 2.28. The second kappa shape index (κ2) is 5.72. The zero-order valence-electron chi connectivity index (χ0n) is 10.3. The van der Waals surface area contributed by atoms with Gasteiger partial charge in [0.1, 0.15) is 0 Å². The van der Waals surface area contributed by atoms with E-state index in [1.165, 1.54) is 5.56 Å². The van der Waals surface area contributed by atoms with Gasteiger partial charge in [0.05, 0.1) is 5.92 Å². The van der Waals surface area contributed by atoms with E-state index in [1.54, 1.807) is 0 Å². The molecule has 1 aromatic rings. The molecule has 1 N–H and O–H groups in total. The lowest BCUT2D eigenvalue weighted by Crippen LogP contribution is -2.51. The minimum atomic E-state index is 0. The number of benzene rings is 1. The predicted octanol–water partition coefficient (Wildman–Crippen LogP) is 1.64. The Morgan fingerprint density at radius 1 is 1.22 bits per heavy atom. The number of halogens is 1. The van der Waals surface area contributed by atoms with Crippen LogP contribution in [-0.4, -0.2) is 37.0 Å². The molecule has 18 heavy (non-hydrogen) atoms. The first kappa shape index (κ1) is 13.4. The Labute approximate surface area is 114 Å². The van der Waals surface area contributed by atoms with E-state index in [1.807, 2.05) is 11.0 Å².